The summed E-state index contributed by atoms with van der Waals surface area (Å²) in [6, 6.07) is 6.47. The molecule has 1 aromatic carbocycles. The van der Waals surface area contributed by atoms with Gasteiger partial charge in [-0.3, -0.25) is 9.59 Å². The van der Waals surface area contributed by atoms with Gasteiger partial charge in [-0.1, -0.05) is 12.1 Å². The van der Waals surface area contributed by atoms with Crippen LogP contribution in [0.4, 0.5) is 0 Å². The van der Waals surface area contributed by atoms with Crippen LogP contribution in [0.25, 0.3) is 0 Å². The maximum atomic E-state index is 10.8. The van der Waals surface area contributed by atoms with E-state index in [-0.39, 0.29) is 36.8 Å². The maximum absolute atomic E-state index is 10.8. The molecule has 0 aromatic heterocycles. The van der Waals surface area contributed by atoms with Crippen molar-refractivity contribution in [1.29, 1.82) is 0 Å². The number of carbonyl (C=O) groups is 2. The Morgan fingerprint density at radius 1 is 1.06 bits per heavy atom. The first-order valence-electron chi connectivity index (χ1n) is 5.54. The molecule has 0 radical (unpaired) electrons. The monoisotopic (exact) mass is 252 g/mol. The fourth-order valence-electron chi connectivity index (χ4n) is 1.42. The van der Waals surface area contributed by atoms with Gasteiger partial charge in [0, 0.05) is 13.8 Å². The Kier molecular flexibility index (Phi) is 5.17. The van der Waals surface area contributed by atoms with Crippen molar-refractivity contribution in [2.75, 3.05) is 13.2 Å². The van der Waals surface area contributed by atoms with Gasteiger partial charge in [0.1, 0.15) is 19.0 Å². The van der Waals surface area contributed by atoms with Gasteiger partial charge in [0.25, 0.3) is 0 Å². The summed E-state index contributed by atoms with van der Waals surface area (Å²) in [5.74, 6) is -0.862. The Balaban J connectivity index is 2.71. The van der Waals surface area contributed by atoms with E-state index in [9.17, 15) is 14.7 Å². The first-order chi connectivity index (χ1) is 8.49. The van der Waals surface area contributed by atoms with E-state index in [0.29, 0.717) is 0 Å². The van der Waals surface area contributed by atoms with Crippen LogP contribution in [0.15, 0.2) is 24.3 Å². The maximum Gasteiger partial charge on any atom is 0.302 e. The molecule has 5 nitrogen and oxygen atoms in total. The molecule has 0 amide bonds. The Hall–Kier alpha value is -2.04. The SMILES string of the molecule is CC(=O)OCC(COC(C)=O)c1ccc(O)cc1. The molecular weight excluding hydrogens is 236 g/mol. The molecule has 0 heterocycles. The van der Waals surface area contributed by atoms with E-state index in [1.165, 1.54) is 26.0 Å². The zero-order chi connectivity index (χ0) is 13.5. The highest BCUT2D eigenvalue weighted by molar-refractivity contribution is 5.66. The molecule has 0 fully saturated rings. The summed E-state index contributed by atoms with van der Waals surface area (Å²) in [7, 11) is 0. The highest BCUT2D eigenvalue weighted by atomic mass is 16.5. The summed E-state index contributed by atoms with van der Waals surface area (Å²) < 4.78 is 9.86. The summed E-state index contributed by atoms with van der Waals surface area (Å²) in [5, 5.41) is 9.20. The molecule has 18 heavy (non-hydrogen) atoms. The molecule has 5 heteroatoms. The second-order valence-electron chi connectivity index (χ2n) is 3.89. The second-order valence-corrected chi connectivity index (χ2v) is 3.89. The smallest absolute Gasteiger partial charge is 0.302 e. The van der Waals surface area contributed by atoms with Crippen LogP contribution in [-0.4, -0.2) is 30.3 Å². The Labute approximate surface area is 105 Å². The lowest BCUT2D eigenvalue weighted by molar-refractivity contribution is -0.144. The topological polar surface area (TPSA) is 72.8 Å². The van der Waals surface area contributed by atoms with Crippen molar-refractivity contribution < 1.29 is 24.2 Å². The average molecular weight is 252 g/mol. The van der Waals surface area contributed by atoms with Crippen molar-refractivity contribution in [2.45, 2.75) is 19.8 Å². The highest BCUT2D eigenvalue weighted by Crippen LogP contribution is 2.20. The lowest BCUT2D eigenvalue weighted by Crippen LogP contribution is -2.17. The molecular formula is C13H16O5. The first-order valence-corrected chi connectivity index (χ1v) is 5.54. The van der Waals surface area contributed by atoms with E-state index in [2.05, 4.69) is 0 Å². The van der Waals surface area contributed by atoms with Gasteiger partial charge in [0.05, 0.1) is 5.92 Å². The number of esters is 2. The average Bonchev–Trinajstić information content (AvgIpc) is 2.30. The summed E-state index contributed by atoms with van der Waals surface area (Å²) >= 11 is 0. The van der Waals surface area contributed by atoms with Crippen LogP contribution in [0.1, 0.15) is 25.3 Å². The molecule has 0 saturated heterocycles. The van der Waals surface area contributed by atoms with Crippen LogP contribution in [0.2, 0.25) is 0 Å². The van der Waals surface area contributed by atoms with Gasteiger partial charge in [0.15, 0.2) is 0 Å². The number of aromatic hydroxyl groups is 1. The Bertz CT molecular complexity index is 392. The first kappa shape index (κ1) is 14.0. The van der Waals surface area contributed by atoms with Crippen molar-refractivity contribution in [3.05, 3.63) is 29.8 Å². The van der Waals surface area contributed by atoms with Crippen molar-refractivity contribution in [1.82, 2.24) is 0 Å². The minimum absolute atomic E-state index is 0.132. The van der Waals surface area contributed by atoms with Crippen LogP contribution in [0.5, 0.6) is 5.75 Å². The van der Waals surface area contributed by atoms with Gasteiger partial charge in [-0.05, 0) is 17.7 Å². The summed E-state index contributed by atoms with van der Waals surface area (Å²) in [5.41, 5.74) is 0.829. The second kappa shape index (κ2) is 6.64. The summed E-state index contributed by atoms with van der Waals surface area (Å²) in [6.07, 6.45) is 0. The number of hydrogen-bond donors (Lipinski definition) is 1. The Morgan fingerprint density at radius 2 is 1.50 bits per heavy atom. The molecule has 0 atom stereocenters. The normalized spacial score (nSPS) is 10.2. The molecule has 0 aliphatic heterocycles. The number of phenolic OH excluding ortho intramolecular Hbond substituents is 1. The van der Waals surface area contributed by atoms with Gasteiger partial charge in [-0.15, -0.1) is 0 Å². The minimum Gasteiger partial charge on any atom is -0.508 e. The number of phenols is 1. The van der Waals surface area contributed by atoms with Crippen molar-refractivity contribution in [3.63, 3.8) is 0 Å². The summed E-state index contributed by atoms with van der Waals surface area (Å²) in [6.45, 7) is 2.90. The number of benzene rings is 1. The van der Waals surface area contributed by atoms with Crippen molar-refractivity contribution >= 4 is 11.9 Å². The fraction of sp³-hybridized carbons (Fsp3) is 0.385. The number of ether oxygens (including phenoxy) is 2. The largest absolute Gasteiger partial charge is 0.508 e. The van der Waals surface area contributed by atoms with E-state index in [1.54, 1.807) is 12.1 Å². The molecule has 0 saturated carbocycles. The van der Waals surface area contributed by atoms with E-state index < -0.39 is 0 Å². The lowest BCUT2D eigenvalue weighted by Gasteiger charge is -2.16. The summed E-state index contributed by atoms with van der Waals surface area (Å²) in [4.78, 5) is 21.6. The minimum atomic E-state index is -0.387. The van der Waals surface area contributed by atoms with E-state index in [1.807, 2.05) is 0 Å². The third-order valence-corrected chi connectivity index (χ3v) is 2.34. The Morgan fingerprint density at radius 3 is 1.89 bits per heavy atom. The predicted octanol–water partition coefficient (Wildman–Crippen LogP) is 1.60. The third kappa shape index (κ3) is 4.86. The molecule has 0 aliphatic rings. The molecule has 0 aliphatic carbocycles. The van der Waals surface area contributed by atoms with Crippen molar-refractivity contribution in [3.8, 4) is 5.75 Å². The molecule has 1 aromatic rings. The molecule has 0 bridgehead atoms. The van der Waals surface area contributed by atoms with Gasteiger partial charge in [-0.2, -0.15) is 0 Å². The van der Waals surface area contributed by atoms with Gasteiger partial charge < -0.3 is 14.6 Å². The van der Waals surface area contributed by atoms with Crippen LogP contribution in [0.3, 0.4) is 0 Å². The third-order valence-electron chi connectivity index (χ3n) is 2.34. The zero-order valence-electron chi connectivity index (χ0n) is 10.4. The zero-order valence-corrected chi connectivity index (χ0v) is 10.4. The van der Waals surface area contributed by atoms with Gasteiger partial charge in [-0.25, -0.2) is 0 Å². The van der Waals surface area contributed by atoms with Gasteiger partial charge in [0.2, 0.25) is 0 Å². The lowest BCUT2D eigenvalue weighted by atomic mass is 10.0. The predicted molar refractivity (Wildman–Crippen MR) is 64.1 cm³/mol. The number of carbonyl (C=O) groups excluding carboxylic acids is 2. The quantitative estimate of drug-likeness (QED) is 0.806. The molecule has 98 valence electrons. The molecule has 1 N–H and O–H groups in total. The van der Waals surface area contributed by atoms with Crippen molar-refractivity contribution in [2.24, 2.45) is 0 Å². The van der Waals surface area contributed by atoms with E-state index in [0.717, 1.165) is 5.56 Å². The van der Waals surface area contributed by atoms with Crippen LogP contribution in [0, 0.1) is 0 Å². The van der Waals surface area contributed by atoms with E-state index >= 15 is 0 Å². The molecule has 0 unspecified atom stereocenters. The van der Waals surface area contributed by atoms with Crippen LogP contribution >= 0.6 is 0 Å². The number of hydrogen-bond acceptors (Lipinski definition) is 5. The fourth-order valence-corrected chi connectivity index (χ4v) is 1.42. The van der Waals surface area contributed by atoms with Crippen LogP contribution in [-0.2, 0) is 19.1 Å². The van der Waals surface area contributed by atoms with E-state index in [4.69, 9.17) is 9.47 Å². The molecule has 1 rings (SSSR count). The van der Waals surface area contributed by atoms with Crippen LogP contribution < -0.4 is 0 Å². The number of rotatable bonds is 5. The standard InChI is InChI=1S/C13H16O5/c1-9(14)17-7-12(8-18-10(2)15)11-3-5-13(16)6-4-11/h3-6,12,16H,7-8H2,1-2H3. The molecule has 0 spiro atoms. The highest BCUT2D eigenvalue weighted by Gasteiger charge is 2.15. The van der Waals surface area contributed by atoms with Gasteiger partial charge >= 0.3 is 11.9 Å².